The number of hydrogen-bond donors (Lipinski definition) is 1. The van der Waals surface area contributed by atoms with Gasteiger partial charge in [0.2, 0.25) is 23.5 Å². The molecule has 2 bridgehead atoms. The van der Waals surface area contributed by atoms with Gasteiger partial charge in [0, 0.05) is 43.3 Å². The zero-order chi connectivity index (χ0) is 22.3. The van der Waals surface area contributed by atoms with E-state index in [1.807, 2.05) is 37.3 Å². The summed E-state index contributed by atoms with van der Waals surface area (Å²) in [6, 6.07) is 11.2. The van der Waals surface area contributed by atoms with Crippen molar-refractivity contribution >= 4 is 11.8 Å². The fourth-order valence-corrected chi connectivity index (χ4v) is 4.74. The predicted molar refractivity (Wildman–Crippen MR) is 113 cm³/mol. The number of pyridine rings is 1. The lowest BCUT2D eigenvalue weighted by atomic mass is 9.73. The number of nitrogens with zero attached hydrogens (tertiary/aromatic N) is 4. The third-order valence-electron chi connectivity index (χ3n) is 6.22. The summed E-state index contributed by atoms with van der Waals surface area (Å²) in [5.41, 5.74) is 6.44. The minimum absolute atomic E-state index is 0.288. The molecule has 3 unspecified atom stereocenters. The van der Waals surface area contributed by atoms with E-state index < -0.39 is 17.6 Å². The number of carbonyl (C=O) groups is 2. The molecule has 2 aromatic heterocycles. The molecule has 1 fully saturated rings. The first-order valence-corrected chi connectivity index (χ1v) is 10.6. The Bertz CT molecular complexity index is 1160. The van der Waals surface area contributed by atoms with Crippen molar-refractivity contribution in [3.8, 4) is 17.1 Å². The third kappa shape index (κ3) is 3.39. The Balaban J connectivity index is 1.33. The van der Waals surface area contributed by atoms with Gasteiger partial charge in [-0.05, 0) is 37.1 Å². The molecule has 2 N–H and O–H groups in total. The van der Waals surface area contributed by atoms with Crippen LogP contribution in [0.5, 0.6) is 5.75 Å². The van der Waals surface area contributed by atoms with Crippen molar-refractivity contribution in [1.29, 1.82) is 0 Å². The number of aromatic nitrogens is 3. The lowest BCUT2D eigenvalue weighted by Gasteiger charge is -2.52. The molecule has 2 aliphatic heterocycles. The molecule has 9 nitrogen and oxygen atoms in total. The van der Waals surface area contributed by atoms with Crippen LogP contribution < -0.4 is 10.5 Å². The average molecular weight is 433 g/mol. The molecule has 32 heavy (non-hydrogen) atoms. The maximum absolute atomic E-state index is 13.3. The summed E-state index contributed by atoms with van der Waals surface area (Å²) < 4.78 is 11.6. The summed E-state index contributed by atoms with van der Waals surface area (Å²) in [4.78, 5) is 35.7. The number of aryl methyl sites for hydroxylation is 1. The van der Waals surface area contributed by atoms with Crippen molar-refractivity contribution in [3.05, 3.63) is 60.2 Å². The number of fused-ring (bicyclic) bond motifs is 4. The highest BCUT2D eigenvalue weighted by Crippen LogP contribution is 2.50. The summed E-state index contributed by atoms with van der Waals surface area (Å²) in [5, 5.41) is 4.00. The number of amides is 2. The van der Waals surface area contributed by atoms with Crippen LogP contribution in [0.2, 0.25) is 0 Å². The van der Waals surface area contributed by atoms with Crippen molar-refractivity contribution in [1.82, 2.24) is 20.0 Å². The Morgan fingerprint density at radius 3 is 2.91 bits per heavy atom. The zero-order valence-corrected chi connectivity index (χ0v) is 17.6. The lowest BCUT2D eigenvalue weighted by molar-refractivity contribution is -0.175. The van der Waals surface area contributed by atoms with Gasteiger partial charge in [0.25, 0.3) is 0 Å². The number of carbonyl (C=O) groups excluding carboxylic acids is 2. The van der Waals surface area contributed by atoms with Crippen LogP contribution in [0.1, 0.15) is 37.1 Å². The second kappa shape index (κ2) is 7.74. The normalized spacial score (nSPS) is 24.0. The molecule has 4 heterocycles. The van der Waals surface area contributed by atoms with E-state index >= 15 is 0 Å². The first kappa shape index (κ1) is 20.2. The van der Waals surface area contributed by atoms with E-state index in [-0.39, 0.29) is 11.8 Å². The Morgan fingerprint density at radius 1 is 1.28 bits per heavy atom. The van der Waals surface area contributed by atoms with Crippen LogP contribution in [0.4, 0.5) is 0 Å². The molecule has 3 aromatic rings. The summed E-state index contributed by atoms with van der Waals surface area (Å²) in [6.07, 6.45) is 4.90. The van der Waals surface area contributed by atoms with E-state index in [0.29, 0.717) is 43.3 Å². The highest BCUT2D eigenvalue weighted by molar-refractivity contribution is 6.01. The molecule has 1 saturated heterocycles. The quantitative estimate of drug-likeness (QED) is 0.591. The van der Waals surface area contributed by atoms with Crippen molar-refractivity contribution < 1.29 is 18.8 Å². The van der Waals surface area contributed by atoms with Crippen molar-refractivity contribution in [2.24, 2.45) is 11.7 Å². The number of piperidine rings is 1. The monoisotopic (exact) mass is 433 g/mol. The average Bonchev–Trinajstić information content (AvgIpc) is 3.25. The van der Waals surface area contributed by atoms with Crippen LogP contribution in [0.15, 0.2) is 53.3 Å². The van der Waals surface area contributed by atoms with Gasteiger partial charge in [-0.3, -0.25) is 14.6 Å². The molecule has 2 amide bonds. The van der Waals surface area contributed by atoms with Gasteiger partial charge in [-0.25, -0.2) is 0 Å². The molecule has 0 spiro atoms. The zero-order valence-electron chi connectivity index (χ0n) is 17.6. The SMILES string of the molecule is CC12CC(c3ccccc3O1)C(C(N)=O)C(=O)N2CCCc1nc(-c2cccnc2)no1. The predicted octanol–water partition coefficient (Wildman–Crippen LogP) is 2.29. The number of nitrogens with two attached hydrogens (primary N) is 1. The number of ether oxygens (including phenoxy) is 1. The van der Waals surface area contributed by atoms with Gasteiger partial charge in [0.05, 0.1) is 0 Å². The number of likely N-dealkylation sites (tertiary alicyclic amines) is 1. The molecule has 2 aliphatic rings. The number of primary amides is 1. The second-order valence-corrected chi connectivity index (χ2v) is 8.35. The standard InChI is InChI=1S/C23H23N5O4/c1-23-12-16(15-7-2-3-8-17(15)31-23)19(20(24)29)22(30)28(23)11-5-9-18-26-21(27-32-18)14-6-4-10-25-13-14/h2-4,6-8,10,13,16,19H,5,9,11-12H2,1H3,(H2,24,29). The lowest BCUT2D eigenvalue weighted by Crippen LogP contribution is -2.64. The fraction of sp³-hybridized carbons (Fsp3) is 0.348. The molecule has 1 aromatic carbocycles. The Kier molecular flexibility index (Phi) is 4.88. The van der Waals surface area contributed by atoms with Crippen LogP contribution in [0.25, 0.3) is 11.4 Å². The van der Waals surface area contributed by atoms with Crippen LogP contribution in [0.3, 0.4) is 0 Å². The second-order valence-electron chi connectivity index (χ2n) is 8.35. The number of para-hydroxylation sites is 1. The molecule has 3 atom stereocenters. The minimum atomic E-state index is -0.909. The summed E-state index contributed by atoms with van der Waals surface area (Å²) in [6.45, 7) is 2.26. The Morgan fingerprint density at radius 2 is 2.12 bits per heavy atom. The van der Waals surface area contributed by atoms with Crippen LogP contribution >= 0.6 is 0 Å². The van der Waals surface area contributed by atoms with Gasteiger partial charge in [0.15, 0.2) is 5.72 Å². The number of benzene rings is 1. The van der Waals surface area contributed by atoms with Crippen LogP contribution in [-0.2, 0) is 16.0 Å². The summed E-state index contributed by atoms with van der Waals surface area (Å²) in [5.74, 6) is -0.476. The van der Waals surface area contributed by atoms with Crippen molar-refractivity contribution in [2.45, 2.75) is 37.8 Å². The molecule has 5 rings (SSSR count). The van der Waals surface area contributed by atoms with Gasteiger partial charge in [-0.15, -0.1) is 0 Å². The minimum Gasteiger partial charge on any atom is -0.468 e. The molecule has 9 heteroatoms. The molecule has 164 valence electrons. The van der Waals surface area contributed by atoms with Crippen LogP contribution in [-0.4, -0.2) is 44.1 Å². The van der Waals surface area contributed by atoms with E-state index in [1.54, 1.807) is 23.4 Å². The topological polar surface area (TPSA) is 124 Å². The van der Waals surface area contributed by atoms with E-state index in [1.165, 1.54) is 0 Å². The fourth-order valence-electron chi connectivity index (χ4n) is 4.74. The molecule has 0 radical (unpaired) electrons. The van der Waals surface area contributed by atoms with E-state index in [2.05, 4.69) is 15.1 Å². The molecule has 0 aliphatic carbocycles. The first-order valence-electron chi connectivity index (χ1n) is 10.6. The number of hydrogen-bond acceptors (Lipinski definition) is 7. The van der Waals surface area contributed by atoms with E-state index in [0.717, 1.165) is 11.1 Å². The smallest absolute Gasteiger partial charge is 0.238 e. The first-order chi connectivity index (χ1) is 15.5. The largest absolute Gasteiger partial charge is 0.468 e. The van der Waals surface area contributed by atoms with Gasteiger partial charge in [0.1, 0.15) is 11.7 Å². The molecular formula is C23H23N5O4. The Hall–Kier alpha value is -3.75. The summed E-state index contributed by atoms with van der Waals surface area (Å²) >= 11 is 0. The maximum atomic E-state index is 13.3. The van der Waals surface area contributed by atoms with Gasteiger partial charge < -0.3 is 19.9 Å². The maximum Gasteiger partial charge on any atom is 0.238 e. The van der Waals surface area contributed by atoms with Gasteiger partial charge in [-0.2, -0.15) is 4.98 Å². The molecule has 0 saturated carbocycles. The third-order valence-corrected chi connectivity index (χ3v) is 6.22. The number of rotatable bonds is 6. The highest BCUT2D eigenvalue weighted by Gasteiger charge is 2.55. The van der Waals surface area contributed by atoms with Gasteiger partial charge in [-0.1, -0.05) is 23.4 Å². The van der Waals surface area contributed by atoms with Crippen LogP contribution in [0, 0.1) is 5.92 Å². The van der Waals surface area contributed by atoms with Gasteiger partial charge >= 0.3 is 0 Å². The Labute approximate surface area is 184 Å². The van der Waals surface area contributed by atoms with E-state index in [4.69, 9.17) is 15.0 Å². The van der Waals surface area contributed by atoms with E-state index in [9.17, 15) is 9.59 Å². The molecular weight excluding hydrogens is 410 g/mol. The summed E-state index contributed by atoms with van der Waals surface area (Å²) in [7, 11) is 0. The van der Waals surface area contributed by atoms with Crippen molar-refractivity contribution in [2.75, 3.05) is 6.54 Å². The van der Waals surface area contributed by atoms with Crippen molar-refractivity contribution in [3.63, 3.8) is 0 Å². The highest BCUT2D eigenvalue weighted by atomic mass is 16.5.